The van der Waals surface area contributed by atoms with Crippen LogP contribution in [-0.4, -0.2) is 30.4 Å². The van der Waals surface area contributed by atoms with Gasteiger partial charge in [-0.1, -0.05) is 31.1 Å². The Morgan fingerprint density at radius 2 is 2.33 bits per heavy atom. The van der Waals surface area contributed by atoms with Crippen LogP contribution in [0.3, 0.4) is 0 Å². The topological polar surface area (TPSA) is 50.1 Å². The van der Waals surface area contributed by atoms with Crippen LogP contribution < -0.4 is 15.8 Å². The van der Waals surface area contributed by atoms with E-state index in [4.69, 9.17) is 18.0 Å². The van der Waals surface area contributed by atoms with Gasteiger partial charge in [-0.05, 0) is 13.0 Å². The summed E-state index contributed by atoms with van der Waals surface area (Å²) >= 11 is 6.70. The maximum Gasteiger partial charge on any atom is 0.0867 e. The molecule has 0 saturated heterocycles. The van der Waals surface area contributed by atoms with Gasteiger partial charge in [0.05, 0.1) is 10.7 Å². The molecule has 5 heteroatoms. The molecule has 4 N–H and O–H groups in total. The van der Waals surface area contributed by atoms with Gasteiger partial charge in [0.25, 0.3) is 0 Å². The summed E-state index contributed by atoms with van der Waals surface area (Å²) in [5.41, 5.74) is 5.34. The third-order valence-electron chi connectivity index (χ3n) is 1.15. The van der Waals surface area contributed by atoms with E-state index >= 15 is 0 Å². The highest BCUT2D eigenvalue weighted by atomic mass is 32.2. The number of thiocarbonyl (C=S) groups is 1. The molecule has 72 valence electrons. The van der Waals surface area contributed by atoms with Gasteiger partial charge >= 0.3 is 0 Å². The lowest BCUT2D eigenvalue weighted by molar-refractivity contribution is 0.787. The second-order valence-corrected chi connectivity index (χ2v) is 3.64. The minimum absolute atomic E-state index is 0.718. The Morgan fingerprint density at radius 1 is 1.58 bits per heavy atom. The van der Waals surface area contributed by atoms with E-state index in [-0.39, 0.29) is 0 Å². The lowest BCUT2D eigenvalue weighted by Crippen LogP contribution is -2.26. The fourth-order valence-electron chi connectivity index (χ4n) is 0.600. The molecule has 0 aliphatic heterocycles. The zero-order valence-corrected chi connectivity index (χ0v) is 9.06. The summed E-state index contributed by atoms with van der Waals surface area (Å²) in [5, 5.41) is 3.13. The molecule has 0 atom stereocenters. The van der Waals surface area contributed by atoms with Crippen molar-refractivity contribution in [3.63, 3.8) is 0 Å². The summed E-state index contributed by atoms with van der Waals surface area (Å²) in [6, 6.07) is 0. The third-order valence-corrected chi connectivity index (χ3v) is 2.55. The van der Waals surface area contributed by atoms with Crippen LogP contribution in [0.25, 0.3) is 0 Å². The average Bonchev–Trinajstić information content (AvgIpc) is 2.06. The van der Waals surface area contributed by atoms with Crippen LogP contribution in [0.2, 0.25) is 0 Å². The van der Waals surface area contributed by atoms with Gasteiger partial charge in [-0.2, -0.15) is 0 Å². The molecule has 3 nitrogen and oxygen atoms in total. The van der Waals surface area contributed by atoms with Crippen molar-refractivity contribution in [1.82, 2.24) is 10.0 Å². The van der Waals surface area contributed by atoms with Gasteiger partial charge in [0, 0.05) is 13.1 Å². The zero-order valence-electron chi connectivity index (χ0n) is 7.43. The van der Waals surface area contributed by atoms with Crippen LogP contribution in [0.15, 0.2) is 0 Å². The standard InChI is InChI=1S/C7H17N3S2/c1-2-10-12-6-7(11)9-5-3-4-8/h10H,2-6,8H2,1H3,(H,9,11). The number of nitrogens with one attached hydrogen (secondary N) is 2. The minimum Gasteiger partial charge on any atom is -0.379 e. The second-order valence-electron chi connectivity index (χ2n) is 2.28. The van der Waals surface area contributed by atoms with Crippen LogP contribution in [0, 0.1) is 0 Å². The Morgan fingerprint density at radius 3 is 2.92 bits per heavy atom. The summed E-state index contributed by atoms with van der Waals surface area (Å²) in [7, 11) is 0. The van der Waals surface area contributed by atoms with Crippen LogP contribution in [0.5, 0.6) is 0 Å². The van der Waals surface area contributed by atoms with Crippen molar-refractivity contribution in [2.24, 2.45) is 5.73 Å². The molecule has 12 heavy (non-hydrogen) atoms. The molecule has 0 fully saturated rings. The Balaban J connectivity index is 3.10. The van der Waals surface area contributed by atoms with Gasteiger partial charge in [-0.15, -0.1) is 0 Å². The van der Waals surface area contributed by atoms with Crippen LogP contribution >= 0.6 is 24.2 Å². The van der Waals surface area contributed by atoms with E-state index in [0.717, 1.165) is 36.8 Å². The molecule has 0 aromatic carbocycles. The molecular formula is C7H17N3S2. The summed E-state index contributed by atoms with van der Waals surface area (Å²) in [6.07, 6.45) is 0.978. The highest BCUT2D eigenvalue weighted by molar-refractivity contribution is 7.99. The highest BCUT2D eigenvalue weighted by Crippen LogP contribution is 1.92. The Kier molecular flexibility index (Phi) is 9.37. The van der Waals surface area contributed by atoms with Gasteiger partial charge in [0.2, 0.25) is 0 Å². The van der Waals surface area contributed by atoms with Crippen molar-refractivity contribution in [2.75, 3.05) is 25.4 Å². The smallest absolute Gasteiger partial charge is 0.0867 e. The predicted molar refractivity (Wildman–Crippen MR) is 60.4 cm³/mol. The normalized spacial score (nSPS) is 9.83. The number of nitrogens with two attached hydrogens (primary N) is 1. The maximum absolute atomic E-state index is 5.34. The summed E-state index contributed by atoms with van der Waals surface area (Å²) in [5.74, 6) is 0.841. The molecular weight excluding hydrogens is 190 g/mol. The monoisotopic (exact) mass is 207 g/mol. The largest absolute Gasteiger partial charge is 0.379 e. The van der Waals surface area contributed by atoms with Crippen molar-refractivity contribution >= 4 is 29.2 Å². The van der Waals surface area contributed by atoms with E-state index in [1.807, 2.05) is 0 Å². The van der Waals surface area contributed by atoms with Gasteiger partial charge in [-0.25, -0.2) is 0 Å². The van der Waals surface area contributed by atoms with E-state index in [1.54, 1.807) is 11.9 Å². The van der Waals surface area contributed by atoms with Gasteiger partial charge < -0.3 is 11.1 Å². The van der Waals surface area contributed by atoms with Crippen molar-refractivity contribution in [3.8, 4) is 0 Å². The van der Waals surface area contributed by atoms with E-state index in [1.165, 1.54) is 0 Å². The molecule has 0 rings (SSSR count). The van der Waals surface area contributed by atoms with Gasteiger partial charge in [-0.3, -0.25) is 4.72 Å². The van der Waals surface area contributed by atoms with Gasteiger partial charge in [0.1, 0.15) is 0 Å². The minimum atomic E-state index is 0.718. The molecule has 0 spiro atoms. The van der Waals surface area contributed by atoms with E-state index in [0.29, 0.717) is 0 Å². The Labute approximate surface area is 84.0 Å². The fourth-order valence-corrected chi connectivity index (χ4v) is 1.42. The molecule has 0 aromatic heterocycles. The SMILES string of the molecule is CCNSCC(=S)NCCCN. The first-order valence-electron chi connectivity index (χ1n) is 4.12. The first-order chi connectivity index (χ1) is 5.81. The first kappa shape index (κ1) is 12.2. The molecule has 0 amide bonds. The number of hydrogen-bond donors (Lipinski definition) is 3. The molecule has 0 saturated carbocycles. The van der Waals surface area contributed by atoms with Crippen molar-refractivity contribution < 1.29 is 0 Å². The maximum atomic E-state index is 5.34. The lowest BCUT2D eigenvalue weighted by Gasteiger charge is -2.06. The van der Waals surface area contributed by atoms with E-state index in [9.17, 15) is 0 Å². The van der Waals surface area contributed by atoms with Crippen LogP contribution in [0.1, 0.15) is 13.3 Å². The molecule has 0 aliphatic carbocycles. The average molecular weight is 207 g/mol. The van der Waals surface area contributed by atoms with Crippen molar-refractivity contribution in [2.45, 2.75) is 13.3 Å². The second kappa shape index (κ2) is 9.25. The van der Waals surface area contributed by atoms with Crippen molar-refractivity contribution in [3.05, 3.63) is 0 Å². The summed E-state index contributed by atoms with van der Waals surface area (Å²) < 4.78 is 3.13. The molecule has 0 heterocycles. The van der Waals surface area contributed by atoms with E-state index < -0.39 is 0 Å². The van der Waals surface area contributed by atoms with E-state index in [2.05, 4.69) is 17.0 Å². The van der Waals surface area contributed by atoms with Crippen LogP contribution in [-0.2, 0) is 0 Å². The third kappa shape index (κ3) is 8.26. The molecule has 0 bridgehead atoms. The molecule has 0 unspecified atom stereocenters. The van der Waals surface area contributed by atoms with Gasteiger partial charge in [0.15, 0.2) is 0 Å². The molecule has 0 aromatic rings. The lowest BCUT2D eigenvalue weighted by atomic mass is 10.4. The number of hydrogen-bond acceptors (Lipinski definition) is 4. The Hall–Kier alpha value is 0.160. The Bertz CT molecular complexity index is 107. The van der Waals surface area contributed by atoms with Crippen LogP contribution in [0.4, 0.5) is 0 Å². The first-order valence-corrected chi connectivity index (χ1v) is 5.52. The fraction of sp³-hybridized carbons (Fsp3) is 0.857. The highest BCUT2D eigenvalue weighted by Gasteiger charge is 1.94. The zero-order chi connectivity index (χ0) is 9.23. The summed E-state index contributed by atoms with van der Waals surface area (Å²) in [4.78, 5) is 0.898. The molecule has 0 aliphatic rings. The number of rotatable bonds is 7. The predicted octanol–water partition coefficient (Wildman–Crippen LogP) is 0.510. The molecule has 0 radical (unpaired) electrons. The summed E-state index contributed by atoms with van der Waals surface area (Å²) in [6.45, 7) is 4.64. The van der Waals surface area contributed by atoms with Crippen molar-refractivity contribution in [1.29, 1.82) is 0 Å². The quantitative estimate of drug-likeness (QED) is 0.323.